The van der Waals surface area contributed by atoms with Crippen LogP contribution in [0.15, 0.2) is 94.4 Å². The molecule has 2 unspecified atom stereocenters. The van der Waals surface area contributed by atoms with Crippen molar-refractivity contribution in [2.45, 2.75) is 67.1 Å². The van der Waals surface area contributed by atoms with Crippen LogP contribution in [0.2, 0.25) is 0 Å². The van der Waals surface area contributed by atoms with Gasteiger partial charge < -0.3 is 33.3 Å². The van der Waals surface area contributed by atoms with E-state index < -0.39 is 67.7 Å². The Morgan fingerprint density at radius 1 is 0.687 bits per heavy atom. The molecule has 2 aromatic carbocycles. The van der Waals surface area contributed by atoms with Crippen molar-refractivity contribution in [1.82, 2.24) is 0 Å². The molecule has 0 bridgehead atoms. The van der Waals surface area contributed by atoms with Crippen LogP contribution in [0.5, 0.6) is 0 Å². The minimum absolute atomic E-state index is 0.0323. The highest BCUT2D eigenvalue weighted by Crippen LogP contribution is 2.51. The number of hydrogen-bond acceptors (Lipinski definition) is 15. The van der Waals surface area contributed by atoms with Gasteiger partial charge in [-0.15, -0.1) is 0 Å². The highest BCUT2D eigenvalue weighted by Gasteiger charge is 2.44. The molecule has 0 aromatic heterocycles. The summed E-state index contributed by atoms with van der Waals surface area (Å²) >= 11 is 0. The predicted octanol–water partition coefficient (Wildman–Crippen LogP) is 5.14. The summed E-state index contributed by atoms with van der Waals surface area (Å²) in [5, 5.41) is 0. The van der Waals surface area contributed by atoms with Gasteiger partial charge in [-0.25, -0.2) is 0 Å². The Morgan fingerprint density at radius 3 is 1.70 bits per heavy atom. The lowest BCUT2D eigenvalue weighted by molar-refractivity contribution is -0.0151. The number of rotatable bonds is 33. The second-order valence-corrected chi connectivity index (χ2v) is 22.1. The SMILES string of the molecule is C=C(/C=C/C=C/C=C1/N(CCCS(=O)(=O)O)c2ccc(S(=O)(=O)O)cc2C1(C)CCCS(=O)(=O)O)C(C)(CCOCCOCCOCCOCCOCCOC)c1cc(S(=O)(=O)O)ccc1C. The third-order valence-corrected chi connectivity index (χ3v) is 14.4. The van der Waals surface area contributed by atoms with Gasteiger partial charge in [0.05, 0.1) is 87.4 Å². The summed E-state index contributed by atoms with van der Waals surface area (Å²) in [5.41, 5.74) is 1.16. The lowest BCUT2D eigenvalue weighted by Crippen LogP contribution is -2.30. The molecule has 23 heteroatoms. The fourth-order valence-electron chi connectivity index (χ4n) is 7.50. The van der Waals surface area contributed by atoms with E-state index in [0.29, 0.717) is 87.4 Å². The molecular formula is C44H65NO18S4. The maximum absolute atomic E-state index is 12.2. The summed E-state index contributed by atoms with van der Waals surface area (Å²) < 4.78 is 167. The first-order valence-electron chi connectivity index (χ1n) is 21.3. The number of ether oxygens (including phenoxy) is 6. The van der Waals surface area contributed by atoms with Crippen LogP contribution in [-0.2, 0) is 79.7 Å². The molecular weight excluding hydrogens is 959 g/mol. The molecule has 0 fully saturated rings. The van der Waals surface area contributed by atoms with E-state index in [1.165, 1.54) is 30.3 Å². The zero-order valence-corrected chi connectivity index (χ0v) is 41.6. The van der Waals surface area contributed by atoms with Gasteiger partial charge in [-0.2, -0.15) is 33.7 Å². The quantitative estimate of drug-likeness (QED) is 0.0409. The van der Waals surface area contributed by atoms with Gasteiger partial charge >= 0.3 is 0 Å². The van der Waals surface area contributed by atoms with Gasteiger partial charge in [0.15, 0.2) is 0 Å². The second kappa shape index (κ2) is 26.5. The van der Waals surface area contributed by atoms with Crippen molar-refractivity contribution in [2.24, 2.45) is 0 Å². The normalized spacial score (nSPS) is 17.5. The van der Waals surface area contributed by atoms with Crippen LogP contribution in [-0.4, -0.2) is 150 Å². The van der Waals surface area contributed by atoms with Crippen LogP contribution in [0.3, 0.4) is 0 Å². The van der Waals surface area contributed by atoms with E-state index in [1.807, 2.05) is 6.92 Å². The summed E-state index contributed by atoms with van der Waals surface area (Å²) in [6, 6.07) is 8.19. The molecule has 0 saturated heterocycles. The molecule has 3 rings (SSSR count). The molecule has 67 heavy (non-hydrogen) atoms. The Kier molecular flexibility index (Phi) is 22.9. The Bertz CT molecular complexity index is 2490. The van der Waals surface area contributed by atoms with Gasteiger partial charge in [-0.1, -0.05) is 43.9 Å². The average Bonchev–Trinajstić information content (AvgIpc) is 3.45. The zero-order chi connectivity index (χ0) is 49.9. The number of fused-ring (bicyclic) bond motifs is 1. The van der Waals surface area contributed by atoms with Crippen molar-refractivity contribution < 1.29 is 80.3 Å². The predicted molar refractivity (Wildman–Crippen MR) is 252 cm³/mol. The van der Waals surface area contributed by atoms with Crippen LogP contribution in [0.1, 0.15) is 56.2 Å². The Labute approximate surface area is 395 Å². The third-order valence-electron chi connectivity index (χ3n) is 11.1. The average molecular weight is 1020 g/mol. The summed E-state index contributed by atoms with van der Waals surface area (Å²) in [6.45, 7) is 14.0. The van der Waals surface area contributed by atoms with Crippen molar-refractivity contribution in [3.63, 3.8) is 0 Å². The van der Waals surface area contributed by atoms with Crippen LogP contribution >= 0.6 is 0 Å². The molecule has 1 heterocycles. The van der Waals surface area contributed by atoms with E-state index >= 15 is 0 Å². The molecule has 0 spiro atoms. The smallest absolute Gasteiger partial charge is 0.294 e. The fourth-order valence-corrected chi connectivity index (χ4v) is 9.52. The van der Waals surface area contributed by atoms with Crippen LogP contribution in [0.4, 0.5) is 5.69 Å². The van der Waals surface area contributed by atoms with Gasteiger partial charge in [0.2, 0.25) is 0 Å². The summed E-state index contributed by atoms with van der Waals surface area (Å²) in [5.74, 6) is -1.18. The monoisotopic (exact) mass is 1020 g/mol. The third kappa shape index (κ3) is 19.1. The van der Waals surface area contributed by atoms with E-state index in [0.717, 1.165) is 5.56 Å². The second-order valence-electron chi connectivity index (χ2n) is 16.1. The number of nitrogens with zero attached hydrogens (tertiary/aromatic N) is 1. The fraction of sp³-hybridized carbons (Fsp3) is 0.545. The summed E-state index contributed by atoms with van der Waals surface area (Å²) in [4.78, 5) is 1.01. The van der Waals surface area contributed by atoms with Gasteiger partial charge in [-0.3, -0.25) is 18.2 Å². The summed E-state index contributed by atoms with van der Waals surface area (Å²) in [7, 11) is -16.3. The zero-order valence-electron chi connectivity index (χ0n) is 38.4. The van der Waals surface area contributed by atoms with E-state index in [2.05, 4.69) is 6.58 Å². The first-order chi connectivity index (χ1) is 31.3. The molecule has 1 aliphatic rings. The van der Waals surface area contributed by atoms with Crippen molar-refractivity contribution >= 4 is 46.2 Å². The van der Waals surface area contributed by atoms with E-state index in [4.69, 9.17) is 28.4 Å². The molecule has 2 atom stereocenters. The molecule has 0 amide bonds. The molecule has 1 aliphatic heterocycles. The van der Waals surface area contributed by atoms with E-state index in [-0.39, 0.29) is 50.5 Å². The Hall–Kier alpha value is -3.40. The number of anilines is 1. The number of allylic oxidation sites excluding steroid dienone is 7. The summed E-state index contributed by atoms with van der Waals surface area (Å²) in [6.07, 6.45) is 8.69. The molecule has 2 aromatic rings. The first kappa shape index (κ1) is 57.9. The Morgan fingerprint density at radius 2 is 1.18 bits per heavy atom. The molecule has 378 valence electrons. The van der Waals surface area contributed by atoms with Gasteiger partial charge in [0.25, 0.3) is 40.5 Å². The van der Waals surface area contributed by atoms with Gasteiger partial charge in [0.1, 0.15) is 0 Å². The van der Waals surface area contributed by atoms with Crippen molar-refractivity contribution in [1.29, 1.82) is 0 Å². The van der Waals surface area contributed by atoms with Gasteiger partial charge in [0, 0.05) is 42.5 Å². The largest absolute Gasteiger partial charge is 0.382 e. The van der Waals surface area contributed by atoms with Crippen molar-refractivity contribution in [2.75, 3.05) is 103 Å². The van der Waals surface area contributed by atoms with Crippen LogP contribution < -0.4 is 4.90 Å². The lowest BCUT2D eigenvalue weighted by atomic mass is 9.72. The highest BCUT2D eigenvalue weighted by molar-refractivity contribution is 7.86. The van der Waals surface area contributed by atoms with Crippen molar-refractivity contribution in [3.8, 4) is 0 Å². The molecule has 0 radical (unpaired) electrons. The number of hydrogen-bond donors (Lipinski definition) is 4. The lowest BCUT2D eigenvalue weighted by Gasteiger charge is -2.33. The first-order valence-corrected chi connectivity index (χ1v) is 27.4. The number of methoxy groups -OCH3 is 1. The van der Waals surface area contributed by atoms with E-state index in [1.54, 1.807) is 62.3 Å². The molecule has 0 saturated carbocycles. The molecule has 4 N–H and O–H groups in total. The highest BCUT2D eigenvalue weighted by atomic mass is 32.2. The number of aryl methyl sites for hydroxylation is 1. The molecule has 0 aliphatic carbocycles. The van der Waals surface area contributed by atoms with Crippen molar-refractivity contribution in [3.05, 3.63) is 101 Å². The standard InChI is InChI=1S/C44H65NO18S4/c1-35-13-14-37(66(52,53)54)33-39(35)43(3,18-20-59-23-24-61-27-28-63-30-29-62-26-25-60-22-21-58-5)36(2)11-7-6-8-12-42-44(4,17-9-31-64(46,47)48)40-34-38(67(55,56)57)15-16-41(40)45(42)19-10-32-65(49,50)51/h6-8,11-16,33-34H,2,9-10,17-32H2,1,3-5H3,(H,46,47,48)(H,49,50,51)(H,52,53,54)(H,55,56,57)/b8-6+,11-7+,42-12+. The van der Waals surface area contributed by atoms with Gasteiger partial charge in [-0.05, 0) is 98.2 Å². The minimum Gasteiger partial charge on any atom is -0.382 e. The topological polar surface area (TPSA) is 276 Å². The van der Waals surface area contributed by atoms with Crippen LogP contribution in [0, 0.1) is 6.92 Å². The maximum atomic E-state index is 12.2. The minimum atomic E-state index is -4.67. The molecule has 19 nitrogen and oxygen atoms in total. The number of benzene rings is 2. The van der Waals surface area contributed by atoms with Crippen LogP contribution in [0.25, 0.3) is 0 Å². The Balaban J connectivity index is 1.81. The van der Waals surface area contributed by atoms with E-state index in [9.17, 15) is 51.9 Å². The maximum Gasteiger partial charge on any atom is 0.294 e.